The lowest BCUT2D eigenvalue weighted by molar-refractivity contribution is 0.243. The van der Waals surface area contributed by atoms with E-state index in [0.717, 1.165) is 18.8 Å². The van der Waals surface area contributed by atoms with E-state index < -0.39 is 0 Å². The fraction of sp³-hybridized carbons (Fsp3) is 0.600. The van der Waals surface area contributed by atoms with Gasteiger partial charge in [-0.1, -0.05) is 6.92 Å². The third-order valence-corrected chi connectivity index (χ3v) is 2.98. The van der Waals surface area contributed by atoms with Crippen molar-refractivity contribution in [2.45, 2.75) is 25.3 Å². The van der Waals surface area contributed by atoms with E-state index in [9.17, 15) is 0 Å². The third kappa shape index (κ3) is 3.74. The zero-order valence-electron chi connectivity index (χ0n) is 8.62. The Labute approximate surface area is 88.9 Å². The molecule has 1 heterocycles. The largest absolute Gasteiger partial charge is 0.462 e. The average Bonchev–Trinajstić information content (AvgIpc) is 2.65. The van der Waals surface area contributed by atoms with Gasteiger partial charge in [0.25, 0.3) is 0 Å². The van der Waals surface area contributed by atoms with Gasteiger partial charge in [0.1, 0.15) is 18.1 Å². The second-order valence-electron chi connectivity index (χ2n) is 3.20. The van der Waals surface area contributed by atoms with Crippen LogP contribution in [0, 0.1) is 0 Å². The van der Waals surface area contributed by atoms with Crippen LogP contribution in [0.25, 0.3) is 0 Å². The van der Waals surface area contributed by atoms with Crippen molar-refractivity contribution in [1.29, 1.82) is 0 Å². The zero-order valence-corrected chi connectivity index (χ0v) is 9.43. The first-order valence-corrected chi connectivity index (χ1v) is 5.97. The molecule has 1 unspecified atom stereocenters. The fourth-order valence-corrected chi connectivity index (χ4v) is 1.37. The molecule has 1 aromatic heterocycles. The Balaban J connectivity index is 2.24. The molecule has 0 radical (unpaired) electrons. The van der Waals surface area contributed by atoms with Gasteiger partial charge in [-0.3, -0.25) is 0 Å². The summed E-state index contributed by atoms with van der Waals surface area (Å²) in [6, 6.07) is 3.69. The Morgan fingerprint density at radius 1 is 1.50 bits per heavy atom. The summed E-state index contributed by atoms with van der Waals surface area (Å²) in [4.78, 5) is 0. The van der Waals surface area contributed by atoms with Crippen molar-refractivity contribution in [3.8, 4) is 0 Å². The van der Waals surface area contributed by atoms with Crippen molar-refractivity contribution < 1.29 is 9.52 Å². The minimum absolute atomic E-state index is 0.0266. The Kier molecular flexibility index (Phi) is 5.07. The summed E-state index contributed by atoms with van der Waals surface area (Å²) in [6.45, 7) is 3.85. The highest BCUT2D eigenvalue weighted by Gasteiger charge is 2.02. The van der Waals surface area contributed by atoms with E-state index in [0.29, 0.717) is 11.0 Å². The Morgan fingerprint density at radius 3 is 2.79 bits per heavy atom. The number of hydrogen-bond donors (Lipinski definition) is 2. The lowest BCUT2D eigenvalue weighted by atomic mass is 10.4. The molecule has 0 aliphatic carbocycles. The van der Waals surface area contributed by atoms with E-state index in [1.54, 1.807) is 6.07 Å². The van der Waals surface area contributed by atoms with Crippen molar-refractivity contribution in [2.24, 2.45) is 0 Å². The molecular formula is C10H17NO2S. The van der Waals surface area contributed by atoms with E-state index >= 15 is 0 Å². The molecule has 0 aliphatic rings. The Bertz CT molecular complexity index is 262. The van der Waals surface area contributed by atoms with Crippen molar-refractivity contribution in [3.05, 3.63) is 23.7 Å². The molecule has 0 saturated heterocycles. The van der Waals surface area contributed by atoms with Gasteiger partial charge in [-0.15, -0.1) is 0 Å². The van der Waals surface area contributed by atoms with Gasteiger partial charge in [-0.25, -0.2) is 0 Å². The Morgan fingerprint density at radius 2 is 2.21 bits per heavy atom. The summed E-state index contributed by atoms with van der Waals surface area (Å²) < 4.78 is 5.33. The highest BCUT2D eigenvalue weighted by atomic mass is 32.2. The third-order valence-electron chi connectivity index (χ3n) is 2.01. The van der Waals surface area contributed by atoms with E-state index in [1.807, 2.05) is 17.8 Å². The molecule has 2 N–H and O–H groups in total. The van der Waals surface area contributed by atoms with Crippen LogP contribution in [0.2, 0.25) is 0 Å². The highest BCUT2D eigenvalue weighted by molar-refractivity contribution is 7.99. The van der Waals surface area contributed by atoms with E-state index in [4.69, 9.17) is 9.52 Å². The standard InChI is InChI=1S/C10H17NO2S/c1-8(14-2)5-11-6-9-3-4-10(7-12)13-9/h3-4,8,11-12H,5-7H2,1-2H3. The van der Waals surface area contributed by atoms with Gasteiger partial charge in [0.05, 0.1) is 6.54 Å². The second kappa shape index (κ2) is 6.11. The lowest BCUT2D eigenvalue weighted by Gasteiger charge is -2.07. The summed E-state index contributed by atoms with van der Waals surface area (Å²) in [5, 5.41) is 12.7. The average molecular weight is 215 g/mol. The topological polar surface area (TPSA) is 45.4 Å². The van der Waals surface area contributed by atoms with Gasteiger partial charge in [0, 0.05) is 11.8 Å². The number of furan rings is 1. The molecule has 3 nitrogen and oxygen atoms in total. The summed E-state index contributed by atoms with van der Waals surface area (Å²) in [5.41, 5.74) is 0. The van der Waals surface area contributed by atoms with Crippen LogP contribution in [-0.4, -0.2) is 23.2 Å². The first kappa shape index (κ1) is 11.6. The molecule has 14 heavy (non-hydrogen) atoms. The maximum atomic E-state index is 8.79. The summed E-state index contributed by atoms with van der Waals surface area (Å²) in [6.07, 6.45) is 2.10. The molecule has 4 heteroatoms. The molecular weight excluding hydrogens is 198 g/mol. The minimum atomic E-state index is -0.0266. The van der Waals surface area contributed by atoms with Crippen molar-refractivity contribution in [1.82, 2.24) is 5.32 Å². The van der Waals surface area contributed by atoms with Crippen LogP contribution in [0.4, 0.5) is 0 Å². The first-order valence-electron chi connectivity index (χ1n) is 4.68. The number of nitrogens with one attached hydrogen (secondary N) is 1. The van der Waals surface area contributed by atoms with Crippen molar-refractivity contribution in [2.75, 3.05) is 12.8 Å². The number of aliphatic hydroxyl groups is 1. The van der Waals surface area contributed by atoms with Gasteiger partial charge in [0.15, 0.2) is 0 Å². The molecule has 80 valence electrons. The predicted octanol–water partition coefficient (Wildman–Crippen LogP) is 1.61. The zero-order chi connectivity index (χ0) is 10.4. The van der Waals surface area contributed by atoms with Gasteiger partial charge in [-0.05, 0) is 18.4 Å². The molecule has 1 atom stereocenters. The first-order chi connectivity index (χ1) is 6.76. The van der Waals surface area contributed by atoms with Crippen LogP contribution in [0.15, 0.2) is 16.5 Å². The maximum absolute atomic E-state index is 8.79. The SMILES string of the molecule is CSC(C)CNCc1ccc(CO)o1. The summed E-state index contributed by atoms with van der Waals surface area (Å²) in [7, 11) is 0. The van der Waals surface area contributed by atoms with Gasteiger partial charge >= 0.3 is 0 Å². The van der Waals surface area contributed by atoms with E-state index in [1.165, 1.54) is 0 Å². The van der Waals surface area contributed by atoms with Crippen LogP contribution < -0.4 is 5.32 Å². The van der Waals surface area contributed by atoms with Crippen LogP contribution >= 0.6 is 11.8 Å². The van der Waals surface area contributed by atoms with Gasteiger partial charge in [0.2, 0.25) is 0 Å². The van der Waals surface area contributed by atoms with Gasteiger partial charge in [-0.2, -0.15) is 11.8 Å². The molecule has 0 saturated carbocycles. The minimum Gasteiger partial charge on any atom is -0.462 e. The lowest BCUT2D eigenvalue weighted by Crippen LogP contribution is -2.21. The molecule has 0 spiro atoms. The molecule has 0 aromatic carbocycles. The Hall–Kier alpha value is -0.450. The van der Waals surface area contributed by atoms with Crippen molar-refractivity contribution in [3.63, 3.8) is 0 Å². The normalized spacial score (nSPS) is 13.1. The number of thioether (sulfide) groups is 1. The molecule has 1 rings (SSSR count). The predicted molar refractivity (Wildman–Crippen MR) is 59.3 cm³/mol. The fourth-order valence-electron chi connectivity index (χ4n) is 1.08. The highest BCUT2D eigenvalue weighted by Crippen LogP contribution is 2.08. The van der Waals surface area contributed by atoms with Crippen LogP contribution in [0.3, 0.4) is 0 Å². The number of rotatable bonds is 6. The summed E-state index contributed by atoms with van der Waals surface area (Å²) >= 11 is 1.84. The van der Waals surface area contributed by atoms with Gasteiger partial charge < -0.3 is 14.8 Å². The molecule has 0 aliphatic heterocycles. The summed E-state index contributed by atoms with van der Waals surface area (Å²) in [5.74, 6) is 1.50. The van der Waals surface area contributed by atoms with Crippen LogP contribution in [0.1, 0.15) is 18.4 Å². The van der Waals surface area contributed by atoms with E-state index in [2.05, 4.69) is 18.5 Å². The molecule has 0 bridgehead atoms. The van der Waals surface area contributed by atoms with Crippen LogP contribution in [-0.2, 0) is 13.2 Å². The smallest absolute Gasteiger partial charge is 0.129 e. The number of hydrogen-bond acceptors (Lipinski definition) is 4. The molecule has 1 aromatic rings. The van der Waals surface area contributed by atoms with Crippen molar-refractivity contribution >= 4 is 11.8 Å². The molecule has 0 amide bonds. The van der Waals surface area contributed by atoms with E-state index in [-0.39, 0.29) is 6.61 Å². The maximum Gasteiger partial charge on any atom is 0.129 e. The number of aliphatic hydroxyl groups excluding tert-OH is 1. The quantitative estimate of drug-likeness (QED) is 0.757. The second-order valence-corrected chi connectivity index (χ2v) is 4.48. The van der Waals surface area contributed by atoms with Crippen LogP contribution in [0.5, 0.6) is 0 Å². The monoisotopic (exact) mass is 215 g/mol. The molecule has 0 fully saturated rings.